The highest BCUT2D eigenvalue weighted by molar-refractivity contribution is 6.30. The van der Waals surface area contributed by atoms with Gasteiger partial charge < -0.3 is 4.74 Å². The van der Waals surface area contributed by atoms with Crippen molar-refractivity contribution in [1.82, 2.24) is 19.9 Å². The summed E-state index contributed by atoms with van der Waals surface area (Å²) in [6.45, 7) is 2.39. The standard InChI is InChI=1S/C18H14ClN5O/c1-2-25-18-17(13-4-3-5-14(19)7-13)24-15(11-23-18)6-12-9-21-16(8-20)22-10-12/h3-5,7,9-11H,2,6H2,1H3. The Kier molecular flexibility index (Phi) is 5.17. The van der Waals surface area contributed by atoms with E-state index in [1.165, 1.54) is 0 Å². The predicted octanol–water partition coefficient (Wildman–Crippen LogP) is 3.45. The molecular weight excluding hydrogens is 338 g/mol. The van der Waals surface area contributed by atoms with Gasteiger partial charge in [-0.3, -0.25) is 0 Å². The summed E-state index contributed by atoms with van der Waals surface area (Å²) in [7, 11) is 0. The molecule has 0 spiro atoms. The summed E-state index contributed by atoms with van der Waals surface area (Å²) in [6.07, 6.45) is 5.39. The molecule has 7 heteroatoms. The van der Waals surface area contributed by atoms with Crippen LogP contribution < -0.4 is 4.74 Å². The highest BCUT2D eigenvalue weighted by Crippen LogP contribution is 2.28. The quantitative estimate of drug-likeness (QED) is 0.700. The maximum atomic E-state index is 8.76. The number of halogens is 1. The van der Waals surface area contributed by atoms with Crippen molar-refractivity contribution in [3.8, 4) is 23.2 Å². The average molecular weight is 352 g/mol. The van der Waals surface area contributed by atoms with Crippen LogP contribution in [0, 0.1) is 11.3 Å². The Morgan fingerprint density at radius 2 is 1.96 bits per heavy atom. The van der Waals surface area contributed by atoms with Crippen molar-refractivity contribution in [2.75, 3.05) is 6.61 Å². The van der Waals surface area contributed by atoms with Gasteiger partial charge in [0.15, 0.2) is 0 Å². The molecule has 2 aromatic heterocycles. The van der Waals surface area contributed by atoms with E-state index in [0.29, 0.717) is 29.6 Å². The third-order valence-electron chi connectivity index (χ3n) is 3.36. The molecular formula is C18H14ClN5O. The maximum Gasteiger partial charge on any atom is 0.240 e. The first-order valence-electron chi connectivity index (χ1n) is 7.65. The van der Waals surface area contributed by atoms with Crippen LogP contribution in [0.3, 0.4) is 0 Å². The zero-order valence-electron chi connectivity index (χ0n) is 13.5. The molecule has 3 rings (SSSR count). The van der Waals surface area contributed by atoms with Crippen LogP contribution >= 0.6 is 11.6 Å². The van der Waals surface area contributed by atoms with Crippen LogP contribution in [0.2, 0.25) is 5.02 Å². The highest BCUT2D eigenvalue weighted by atomic mass is 35.5. The number of nitrogens with zero attached hydrogens (tertiary/aromatic N) is 5. The summed E-state index contributed by atoms with van der Waals surface area (Å²) >= 11 is 6.09. The number of benzene rings is 1. The fourth-order valence-electron chi connectivity index (χ4n) is 2.28. The number of ether oxygens (including phenoxy) is 1. The summed E-state index contributed by atoms with van der Waals surface area (Å²) in [6, 6.07) is 9.29. The van der Waals surface area contributed by atoms with E-state index in [4.69, 9.17) is 21.6 Å². The van der Waals surface area contributed by atoms with Crippen LogP contribution in [-0.4, -0.2) is 26.5 Å². The van der Waals surface area contributed by atoms with Gasteiger partial charge in [-0.05, 0) is 24.6 Å². The predicted molar refractivity (Wildman–Crippen MR) is 93.2 cm³/mol. The Bertz CT molecular complexity index is 921. The summed E-state index contributed by atoms with van der Waals surface area (Å²) < 4.78 is 5.59. The van der Waals surface area contributed by atoms with E-state index in [1.54, 1.807) is 24.7 Å². The summed E-state index contributed by atoms with van der Waals surface area (Å²) in [5, 5.41) is 9.38. The second-order valence-corrected chi connectivity index (χ2v) is 5.60. The molecule has 0 atom stereocenters. The van der Waals surface area contributed by atoms with Crippen molar-refractivity contribution in [1.29, 1.82) is 5.26 Å². The first kappa shape index (κ1) is 16.8. The van der Waals surface area contributed by atoms with Gasteiger partial charge in [-0.15, -0.1) is 0 Å². The Balaban J connectivity index is 1.95. The number of aromatic nitrogens is 4. The molecule has 25 heavy (non-hydrogen) atoms. The number of hydrogen-bond acceptors (Lipinski definition) is 6. The van der Waals surface area contributed by atoms with Gasteiger partial charge in [0.05, 0.1) is 18.5 Å². The van der Waals surface area contributed by atoms with Gasteiger partial charge in [0.25, 0.3) is 0 Å². The zero-order valence-corrected chi connectivity index (χ0v) is 14.2. The Morgan fingerprint density at radius 1 is 1.16 bits per heavy atom. The molecule has 0 bridgehead atoms. The third-order valence-corrected chi connectivity index (χ3v) is 3.59. The van der Waals surface area contributed by atoms with Crippen LogP contribution in [0.4, 0.5) is 0 Å². The van der Waals surface area contributed by atoms with E-state index in [1.807, 2.05) is 31.2 Å². The minimum Gasteiger partial charge on any atom is -0.476 e. The smallest absolute Gasteiger partial charge is 0.240 e. The molecule has 0 amide bonds. The largest absolute Gasteiger partial charge is 0.476 e. The van der Waals surface area contributed by atoms with Gasteiger partial charge in [0.1, 0.15) is 11.8 Å². The van der Waals surface area contributed by atoms with Crippen molar-refractivity contribution < 1.29 is 4.74 Å². The fourth-order valence-corrected chi connectivity index (χ4v) is 2.47. The minimum atomic E-state index is 0.140. The van der Waals surface area contributed by atoms with Gasteiger partial charge in [0.2, 0.25) is 11.7 Å². The first-order chi connectivity index (χ1) is 12.2. The second kappa shape index (κ2) is 7.69. The molecule has 0 saturated heterocycles. The molecule has 1 aromatic carbocycles. The SMILES string of the molecule is CCOc1ncc(Cc2cnc(C#N)nc2)nc1-c1cccc(Cl)c1. The van der Waals surface area contributed by atoms with Crippen molar-refractivity contribution in [3.63, 3.8) is 0 Å². The molecule has 0 aliphatic rings. The molecule has 124 valence electrons. The molecule has 0 saturated carbocycles. The van der Waals surface area contributed by atoms with Crippen LogP contribution in [0.15, 0.2) is 42.9 Å². The zero-order chi connectivity index (χ0) is 17.6. The molecule has 3 aromatic rings. The van der Waals surface area contributed by atoms with Crippen molar-refractivity contribution >= 4 is 11.6 Å². The lowest BCUT2D eigenvalue weighted by atomic mass is 10.1. The molecule has 0 aliphatic heterocycles. The molecule has 0 radical (unpaired) electrons. The van der Waals surface area contributed by atoms with Gasteiger partial charge in [0, 0.05) is 29.4 Å². The maximum absolute atomic E-state index is 8.76. The van der Waals surface area contributed by atoms with E-state index in [0.717, 1.165) is 16.8 Å². The van der Waals surface area contributed by atoms with Crippen LogP contribution in [0.1, 0.15) is 24.0 Å². The summed E-state index contributed by atoms with van der Waals surface area (Å²) in [5.41, 5.74) is 3.05. The van der Waals surface area contributed by atoms with Crippen LogP contribution in [0.25, 0.3) is 11.3 Å². The molecule has 2 heterocycles. The Labute approximate surface area is 150 Å². The summed E-state index contributed by atoms with van der Waals surface area (Å²) in [5.74, 6) is 0.603. The minimum absolute atomic E-state index is 0.140. The fraction of sp³-hybridized carbons (Fsp3) is 0.167. The second-order valence-electron chi connectivity index (χ2n) is 5.16. The lowest BCUT2D eigenvalue weighted by Gasteiger charge is -2.10. The van der Waals surface area contributed by atoms with E-state index >= 15 is 0 Å². The van der Waals surface area contributed by atoms with Crippen LogP contribution in [-0.2, 0) is 6.42 Å². The van der Waals surface area contributed by atoms with Gasteiger partial charge in [-0.1, -0.05) is 23.7 Å². The van der Waals surface area contributed by atoms with Crippen LogP contribution in [0.5, 0.6) is 5.88 Å². The molecule has 0 unspecified atom stereocenters. The van der Waals surface area contributed by atoms with Gasteiger partial charge in [-0.2, -0.15) is 5.26 Å². The van der Waals surface area contributed by atoms with Crippen molar-refractivity contribution in [2.24, 2.45) is 0 Å². The third kappa shape index (κ3) is 4.08. The average Bonchev–Trinajstić information content (AvgIpc) is 2.64. The molecule has 0 fully saturated rings. The monoisotopic (exact) mass is 351 g/mol. The molecule has 0 N–H and O–H groups in total. The molecule has 0 aliphatic carbocycles. The van der Waals surface area contributed by atoms with E-state index < -0.39 is 0 Å². The lowest BCUT2D eigenvalue weighted by molar-refractivity contribution is 0.326. The van der Waals surface area contributed by atoms with E-state index in [9.17, 15) is 0 Å². The highest BCUT2D eigenvalue weighted by Gasteiger charge is 2.12. The van der Waals surface area contributed by atoms with E-state index in [-0.39, 0.29) is 5.82 Å². The first-order valence-corrected chi connectivity index (χ1v) is 8.03. The van der Waals surface area contributed by atoms with Crippen molar-refractivity contribution in [2.45, 2.75) is 13.3 Å². The molecule has 6 nitrogen and oxygen atoms in total. The van der Waals surface area contributed by atoms with Crippen molar-refractivity contribution in [3.05, 3.63) is 65.0 Å². The number of hydrogen-bond donors (Lipinski definition) is 0. The Morgan fingerprint density at radius 3 is 2.64 bits per heavy atom. The number of nitriles is 1. The van der Waals surface area contributed by atoms with E-state index in [2.05, 4.69) is 19.9 Å². The topological polar surface area (TPSA) is 84.6 Å². The lowest BCUT2D eigenvalue weighted by Crippen LogP contribution is -2.03. The van der Waals surface area contributed by atoms with Gasteiger partial charge in [-0.25, -0.2) is 19.9 Å². The van der Waals surface area contributed by atoms with Gasteiger partial charge >= 0.3 is 0 Å². The summed E-state index contributed by atoms with van der Waals surface area (Å²) in [4.78, 5) is 17.0. The number of rotatable bonds is 5. The Hall–Kier alpha value is -3.04. The normalized spacial score (nSPS) is 10.3.